The van der Waals surface area contributed by atoms with Crippen LogP contribution >= 0.6 is 23.4 Å². The molecule has 180 valence electrons. The van der Waals surface area contributed by atoms with Gasteiger partial charge in [0, 0.05) is 17.3 Å². The Hall–Kier alpha value is -2.68. The van der Waals surface area contributed by atoms with Crippen LogP contribution in [0.5, 0.6) is 5.75 Å². The lowest BCUT2D eigenvalue weighted by Crippen LogP contribution is -2.41. The second-order valence-corrected chi connectivity index (χ2v) is 10.8. The van der Waals surface area contributed by atoms with Gasteiger partial charge in [-0.3, -0.25) is 9.10 Å². The molecule has 34 heavy (non-hydrogen) atoms. The standard InChI is InChI=1S/C25H27ClN2O4S2/c1-32-24-11-6-5-10-23(24)28(34(30,31)22-8-3-2-4-9-22)18-25(29)27-16-7-17-33-19-20-12-14-21(26)15-13-20/h2-6,8-15H,7,16-19H2,1H3,(H,27,29). The van der Waals surface area contributed by atoms with Gasteiger partial charge in [-0.2, -0.15) is 11.8 Å². The SMILES string of the molecule is COc1ccccc1N(CC(=O)NCCCSCc1ccc(Cl)cc1)S(=O)(=O)c1ccccc1. The van der Waals surface area contributed by atoms with E-state index in [9.17, 15) is 13.2 Å². The molecule has 6 nitrogen and oxygen atoms in total. The van der Waals surface area contributed by atoms with Crippen molar-refractivity contribution in [2.75, 3.05) is 30.3 Å². The molecule has 0 aromatic heterocycles. The van der Waals surface area contributed by atoms with Crippen molar-refractivity contribution >= 4 is 45.0 Å². The summed E-state index contributed by atoms with van der Waals surface area (Å²) in [5.41, 5.74) is 1.50. The zero-order chi connectivity index (χ0) is 24.4. The number of nitrogens with one attached hydrogen (secondary N) is 1. The molecule has 0 fully saturated rings. The number of hydrogen-bond acceptors (Lipinski definition) is 5. The van der Waals surface area contributed by atoms with Crippen LogP contribution in [0.3, 0.4) is 0 Å². The number of sulfonamides is 1. The van der Waals surface area contributed by atoms with E-state index in [4.69, 9.17) is 16.3 Å². The Labute approximate surface area is 210 Å². The molecule has 0 aliphatic carbocycles. The zero-order valence-corrected chi connectivity index (χ0v) is 21.2. The number of halogens is 1. The minimum absolute atomic E-state index is 0.104. The predicted octanol–water partition coefficient (Wildman–Crippen LogP) is 4.98. The third kappa shape index (κ3) is 7.16. The number of benzene rings is 3. The third-order valence-electron chi connectivity index (χ3n) is 4.94. The third-order valence-corrected chi connectivity index (χ3v) is 8.08. The van der Waals surface area contributed by atoms with Crippen molar-refractivity contribution in [3.05, 3.63) is 89.4 Å². The van der Waals surface area contributed by atoms with Gasteiger partial charge in [-0.05, 0) is 54.1 Å². The first-order valence-corrected chi connectivity index (χ1v) is 13.7. The van der Waals surface area contributed by atoms with E-state index in [0.717, 1.165) is 22.2 Å². The number of nitrogens with zero attached hydrogens (tertiary/aromatic N) is 1. The van der Waals surface area contributed by atoms with Crippen LogP contribution in [0.4, 0.5) is 5.69 Å². The zero-order valence-electron chi connectivity index (χ0n) is 18.8. The molecule has 0 spiro atoms. The number of thioether (sulfide) groups is 1. The van der Waals surface area contributed by atoms with Crippen LogP contribution < -0.4 is 14.4 Å². The first-order chi connectivity index (χ1) is 16.4. The highest BCUT2D eigenvalue weighted by Gasteiger charge is 2.29. The van der Waals surface area contributed by atoms with Gasteiger partial charge in [0.15, 0.2) is 0 Å². The van der Waals surface area contributed by atoms with Gasteiger partial charge in [-0.25, -0.2) is 8.42 Å². The number of amides is 1. The Balaban J connectivity index is 1.60. The quantitative estimate of drug-likeness (QED) is 0.342. The Bertz CT molecular complexity index is 1170. The summed E-state index contributed by atoms with van der Waals surface area (Å²) in [6, 6.07) is 22.5. The van der Waals surface area contributed by atoms with Crippen LogP contribution in [0.15, 0.2) is 83.8 Å². The summed E-state index contributed by atoms with van der Waals surface area (Å²) < 4.78 is 33.2. The minimum Gasteiger partial charge on any atom is -0.495 e. The molecule has 0 aliphatic heterocycles. The van der Waals surface area contributed by atoms with Crippen molar-refractivity contribution in [1.29, 1.82) is 0 Å². The van der Waals surface area contributed by atoms with Crippen LogP contribution in [0.2, 0.25) is 5.02 Å². The molecule has 0 unspecified atom stereocenters. The molecule has 0 saturated carbocycles. The molecule has 0 atom stereocenters. The average Bonchev–Trinajstić information content (AvgIpc) is 2.86. The highest BCUT2D eigenvalue weighted by Crippen LogP contribution is 2.32. The second-order valence-electron chi connectivity index (χ2n) is 7.38. The van der Waals surface area contributed by atoms with E-state index in [2.05, 4.69) is 5.32 Å². The van der Waals surface area contributed by atoms with Crippen LogP contribution in [0.25, 0.3) is 0 Å². The summed E-state index contributed by atoms with van der Waals surface area (Å²) in [7, 11) is -2.51. The van der Waals surface area contributed by atoms with Crippen molar-refractivity contribution in [3.8, 4) is 5.75 Å². The van der Waals surface area contributed by atoms with Crippen molar-refractivity contribution in [3.63, 3.8) is 0 Å². The lowest BCUT2D eigenvalue weighted by atomic mass is 10.2. The van der Waals surface area contributed by atoms with Gasteiger partial charge in [0.1, 0.15) is 12.3 Å². The number of methoxy groups -OCH3 is 1. The maximum absolute atomic E-state index is 13.4. The van der Waals surface area contributed by atoms with Crippen molar-refractivity contribution in [2.24, 2.45) is 0 Å². The summed E-state index contributed by atoms with van der Waals surface area (Å²) in [6.45, 7) is 0.104. The maximum atomic E-state index is 13.4. The second kappa shape index (κ2) is 12.7. The van der Waals surface area contributed by atoms with E-state index in [0.29, 0.717) is 23.0 Å². The fraction of sp³-hybridized carbons (Fsp3) is 0.240. The Morgan fingerprint density at radius 1 is 1.00 bits per heavy atom. The van der Waals surface area contributed by atoms with E-state index in [1.54, 1.807) is 54.2 Å². The Kier molecular flexibility index (Phi) is 9.68. The fourth-order valence-corrected chi connectivity index (χ4v) is 5.71. The summed E-state index contributed by atoms with van der Waals surface area (Å²) in [5.74, 6) is 1.71. The van der Waals surface area contributed by atoms with E-state index < -0.39 is 10.0 Å². The summed E-state index contributed by atoms with van der Waals surface area (Å²) in [4.78, 5) is 12.8. The van der Waals surface area contributed by atoms with Gasteiger partial charge in [-0.1, -0.05) is 54.1 Å². The molecular weight excluding hydrogens is 492 g/mol. The first kappa shape index (κ1) is 25.9. The number of carbonyl (C=O) groups excluding carboxylic acids is 1. The van der Waals surface area contributed by atoms with Crippen molar-refractivity contribution < 1.29 is 17.9 Å². The van der Waals surface area contributed by atoms with Gasteiger partial charge in [-0.15, -0.1) is 0 Å². The van der Waals surface area contributed by atoms with Crippen LogP contribution in [-0.4, -0.2) is 40.3 Å². The highest BCUT2D eigenvalue weighted by molar-refractivity contribution is 7.98. The number of ether oxygens (including phenoxy) is 1. The number of anilines is 1. The number of rotatable bonds is 12. The molecule has 1 N–H and O–H groups in total. The number of hydrogen-bond donors (Lipinski definition) is 1. The van der Waals surface area contributed by atoms with Crippen LogP contribution in [0.1, 0.15) is 12.0 Å². The molecule has 9 heteroatoms. The maximum Gasteiger partial charge on any atom is 0.264 e. The lowest BCUT2D eigenvalue weighted by molar-refractivity contribution is -0.119. The molecule has 0 bridgehead atoms. The van der Waals surface area contributed by atoms with Gasteiger partial charge >= 0.3 is 0 Å². The minimum atomic E-state index is -3.98. The molecule has 1 amide bonds. The molecule has 3 rings (SSSR count). The van der Waals surface area contributed by atoms with Gasteiger partial charge in [0.2, 0.25) is 5.91 Å². The van der Waals surface area contributed by atoms with E-state index in [-0.39, 0.29) is 17.3 Å². The van der Waals surface area contributed by atoms with Crippen molar-refractivity contribution in [2.45, 2.75) is 17.1 Å². The monoisotopic (exact) mass is 518 g/mol. The normalized spacial score (nSPS) is 11.1. The summed E-state index contributed by atoms with van der Waals surface area (Å²) in [5, 5.41) is 3.55. The van der Waals surface area contributed by atoms with Gasteiger partial charge in [0.25, 0.3) is 10.0 Å². The molecule has 3 aromatic rings. The van der Waals surface area contributed by atoms with Gasteiger partial charge in [0.05, 0.1) is 17.7 Å². The highest BCUT2D eigenvalue weighted by atomic mass is 35.5. The average molecular weight is 519 g/mol. The summed E-state index contributed by atoms with van der Waals surface area (Å²) >= 11 is 7.67. The Morgan fingerprint density at radius 2 is 1.68 bits per heavy atom. The van der Waals surface area contributed by atoms with Gasteiger partial charge < -0.3 is 10.1 Å². The number of carbonyl (C=O) groups is 1. The molecule has 0 saturated heterocycles. The molecule has 0 radical (unpaired) electrons. The lowest BCUT2D eigenvalue weighted by Gasteiger charge is -2.25. The molecule has 0 aliphatic rings. The first-order valence-electron chi connectivity index (χ1n) is 10.7. The molecular formula is C25H27ClN2O4S2. The topological polar surface area (TPSA) is 75.7 Å². The van der Waals surface area contributed by atoms with E-state index in [1.165, 1.54) is 24.8 Å². The molecule has 3 aromatic carbocycles. The number of para-hydroxylation sites is 2. The smallest absolute Gasteiger partial charge is 0.264 e. The van der Waals surface area contributed by atoms with E-state index in [1.807, 2.05) is 24.3 Å². The largest absolute Gasteiger partial charge is 0.495 e. The van der Waals surface area contributed by atoms with Crippen LogP contribution in [0, 0.1) is 0 Å². The molecule has 0 heterocycles. The fourth-order valence-electron chi connectivity index (χ4n) is 3.21. The predicted molar refractivity (Wildman–Crippen MR) is 139 cm³/mol. The van der Waals surface area contributed by atoms with Crippen molar-refractivity contribution in [1.82, 2.24) is 5.32 Å². The Morgan fingerprint density at radius 3 is 2.38 bits per heavy atom. The summed E-state index contributed by atoms with van der Waals surface area (Å²) in [6.07, 6.45) is 0.768. The van der Waals surface area contributed by atoms with Crippen LogP contribution in [-0.2, 0) is 20.6 Å². The van der Waals surface area contributed by atoms with E-state index >= 15 is 0 Å².